The summed E-state index contributed by atoms with van der Waals surface area (Å²) in [6.45, 7) is 6.29. The topological polar surface area (TPSA) is 64.5 Å². The minimum absolute atomic E-state index is 0.524. The molecule has 0 radical (unpaired) electrons. The normalized spacial score (nSPS) is 9.00. The van der Waals surface area contributed by atoms with Gasteiger partial charge in [-0.2, -0.15) is 10.4 Å². The Bertz CT molecular complexity index is 318. The van der Waals surface area contributed by atoms with Crippen LogP contribution >= 0.6 is 0 Å². The molecule has 1 aromatic rings. The Hall–Kier alpha value is -1.76. The van der Waals surface area contributed by atoms with E-state index >= 15 is 0 Å². The van der Waals surface area contributed by atoms with Gasteiger partial charge in [0.1, 0.15) is 17.5 Å². The second-order valence-electron chi connectivity index (χ2n) is 2.58. The van der Waals surface area contributed by atoms with Gasteiger partial charge in [0.15, 0.2) is 0 Å². The molecule has 62 valence electrons. The molecule has 4 heteroatoms. The van der Waals surface area contributed by atoms with Crippen molar-refractivity contribution in [3.8, 4) is 6.07 Å². The Morgan fingerprint density at radius 2 is 2.67 bits per heavy atom. The van der Waals surface area contributed by atoms with Gasteiger partial charge in [0.2, 0.25) is 0 Å². The highest BCUT2D eigenvalue weighted by atomic mass is 15.2. The number of nitriles is 1. The molecule has 0 aliphatic carbocycles. The lowest BCUT2D eigenvalue weighted by Crippen LogP contribution is -2.03. The number of aromatic nitrogens is 2. The van der Waals surface area contributed by atoms with Crippen LogP contribution in [-0.2, 0) is 0 Å². The molecule has 0 unspecified atom stereocenters. The van der Waals surface area contributed by atoms with Gasteiger partial charge in [0.25, 0.3) is 0 Å². The molecule has 12 heavy (non-hydrogen) atoms. The van der Waals surface area contributed by atoms with Crippen LogP contribution in [0, 0.1) is 11.3 Å². The monoisotopic (exact) mass is 162 g/mol. The number of aromatic amines is 1. The van der Waals surface area contributed by atoms with Gasteiger partial charge < -0.3 is 5.32 Å². The number of anilines is 1. The first kappa shape index (κ1) is 8.34. The van der Waals surface area contributed by atoms with E-state index in [0.29, 0.717) is 17.9 Å². The highest BCUT2D eigenvalue weighted by Crippen LogP contribution is 2.08. The maximum absolute atomic E-state index is 8.60. The molecular weight excluding hydrogens is 152 g/mol. The number of nitrogens with zero attached hydrogens (tertiary/aromatic N) is 2. The van der Waals surface area contributed by atoms with Crippen molar-refractivity contribution in [1.29, 1.82) is 5.26 Å². The minimum atomic E-state index is 0.524. The van der Waals surface area contributed by atoms with Crippen LogP contribution in [0.3, 0.4) is 0 Å². The van der Waals surface area contributed by atoms with Crippen molar-refractivity contribution in [2.45, 2.75) is 6.92 Å². The van der Waals surface area contributed by atoms with Crippen molar-refractivity contribution in [1.82, 2.24) is 10.2 Å². The molecule has 0 fully saturated rings. The minimum Gasteiger partial charge on any atom is -0.366 e. The van der Waals surface area contributed by atoms with Crippen molar-refractivity contribution in [3.63, 3.8) is 0 Å². The summed E-state index contributed by atoms with van der Waals surface area (Å²) in [4.78, 5) is 0. The van der Waals surface area contributed by atoms with Crippen LogP contribution in [0.15, 0.2) is 18.3 Å². The van der Waals surface area contributed by atoms with Gasteiger partial charge in [-0.15, -0.1) is 0 Å². The molecule has 0 amide bonds. The summed E-state index contributed by atoms with van der Waals surface area (Å²) in [6.07, 6.45) is 1.49. The molecule has 0 aliphatic rings. The van der Waals surface area contributed by atoms with E-state index in [9.17, 15) is 0 Å². The quantitative estimate of drug-likeness (QED) is 0.658. The first-order chi connectivity index (χ1) is 5.74. The summed E-state index contributed by atoms with van der Waals surface area (Å²) in [5, 5.41) is 18.0. The van der Waals surface area contributed by atoms with Crippen LogP contribution in [-0.4, -0.2) is 16.7 Å². The van der Waals surface area contributed by atoms with Crippen molar-refractivity contribution in [3.05, 3.63) is 23.9 Å². The molecule has 0 saturated heterocycles. The molecular formula is C8H10N4. The zero-order valence-corrected chi connectivity index (χ0v) is 6.89. The predicted octanol–water partition coefficient (Wildman–Crippen LogP) is 1.27. The third-order valence-corrected chi connectivity index (χ3v) is 1.33. The second-order valence-corrected chi connectivity index (χ2v) is 2.58. The van der Waals surface area contributed by atoms with Crippen LogP contribution in [0.1, 0.15) is 12.5 Å². The Balaban J connectivity index is 2.64. The summed E-state index contributed by atoms with van der Waals surface area (Å²) < 4.78 is 0. The van der Waals surface area contributed by atoms with Crippen LogP contribution in [0.5, 0.6) is 0 Å². The van der Waals surface area contributed by atoms with E-state index in [2.05, 4.69) is 22.1 Å². The number of nitrogens with one attached hydrogen (secondary N) is 2. The number of H-pyrrole nitrogens is 1. The van der Waals surface area contributed by atoms with Gasteiger partial charge in [-0.05, 0) is 6.92 Å². The fourth-order valence-electron chi connectivity index (χ4n) is 0.745. The third kappa shape index (κ3) is 1.86. The Kier molecular flexibility index (Phi) is 2.49. The lowest BCUT2D eigenvalue weighted by molar-refractivity contribution is 1.07. The lowest BCUT2D eigenvalue weighted by Gasteiger charge is -2.01. The molecule has 2 N–H and O–H groups in total. The van der Waals surface area contributed by atoms with Gasteiger partial charge in [-0.1, -0.05) is 12.2 Å². The Morgan fingerprint density at radius 1 is 1.92 bits per heavy atom. The second kappa shape index (κ2) is 3.58. The zero-order valence-electron chi connectivity index (χ0n) is 6.89. The molecule has 0 spiro atoms. The molecule has 0 atom stereocenters. The average Bonchev–Trinajstić information content (AvgIpc) is 2.47. The highest BCUT2D eigenvalue weighted by molar-refractivity contribution is 5.50. The molecule has 0 aromatic carbocycles. The van der Waals surface area contributed by atoms with Crippen molar-refractivity contribution < 1.29 is 0 Å². The number of hydrogen-bond donors (Lipinski definition) is 2. The Labute approximate surface area is 70.9 Å². The van der Waals surface area contributed by atoms with Crippen LogP contribution in [0.4, 0.5) is 5.82 Å². The standard InChI is InChI=1S/C8H10N4/c1-6(2)4-10-8-7(3-9)5-11-12-8/h5H,1,4H2,2H3,(H2,10,11,12). The summed E-state index contributed by atoms with van der Waals surface area (Å²) in [5.74, 6) is 0.653. The highest BCUT2D eigenvalue weighted by Gasteiger charge is 2.01. The van der Waals surface area contributed by atoms with E-state index in [1.54, 1.807) is 0 Å². The van der Waals surface area contributed by atoms with Gasteiger partial charge in [0.05, 0.1) is 6.20 Å². The van der Waals surface area contributed by atoms with Crippen molar-refractivity contribution in [2.75, 3.05) is 11.9 Å². The Morgan fingerprint density at radius 3 is 3.25 bits per heavy atom. The summed E-state index contributed by atoms with van der Waals surface area (Å²) >= 11 is 0. The summed E-state index contributed by atoms with van der Waals surface area (Å²) in [5.41, 5.74) is 1.53. The third-order valence-electron chi connectivity index (χ3n) is 1.33. The first-order valence-electron chi connectivity index (χ1n) is 3.55. The van der Waals surface area contributed by atoms with Gasteiger partial charge in [0, 0.05) is 6.54 Å². The van der Waals surface area contributed by atoms with E-state index in [4.69, 9.17) is 5.26 Å². The number of rotatable bonds is 3. The summed E-state index contributed by atoms with van der Waals surface area (Å²) in [6, 6.07) is 2.01. The largest absolute Gasteiger partial charge is 0.366 e. The molecule has 1 heterocycles. The fraction of sp³-hybridized carbons (Fsp3) is 0.250. The fourth-order valence-corrected chi connectivity index (χ4v) is 0.745. The first-order valence-corrected chi connectivity index (χ1v) is 3.55. The molecule has 0 bridgehead atoms. The SMILES string of the molecule is C=C(C)CNc1[nH]ncc1C#N. The van der Waals surface area contributed by atoms with E-state index in [1.807, 2.05) is 13.0 Å². The molecule has 1 rings (SSSR count). The van der Waals surface area contributed by atoms with Crippen LogP contribution < -0.4 is 5.32 Å². The molecule has 1 aromatic heterocycles. The molecule has 4 nitrogen and oxygen atoms in total. The van der Waals surface area contributed by atoms with E-state index in [0.717, 1.165) is 5.57 Å². The van der Waals surface area contributed by atoms with E-state index in [-0.39, 0.29) is 0 Å². The number of hydrogen-bond acceptors (Lipinski definition) is 3. The predicted molar refractivity (Wildman–Crippen MR) is 46.6 cm³/mol. The molecule has 0 aliphatic heterocycles. The lowest BCUT2D eigenvalue weighted by atomic mass is 10.3. The van der Waals surface area contributed by atoms with Gasteiger partial charge >= 0.3 is 0 Å². The van der Waals surface area contributed by atoms with Crippen LogP contribution in [0.25, 0.3) is 0 Å². The van der Waals surface area contributed by atoms with E-state index < -0.39 is 0 Å². The smallest absolute Gasteiger partial charge is 0.139 e. The van der Waals surface area contributed by atoms with E-state index in [1.165, 1.54) is 6.20 Å². The van der Waals surface area contributed by atoms with Crippen molar-refractivity contribution >= 4 is 5.82 Å². The van der Waals surface area contributed by atoms with Gasteiger partial charge in [-0.25, -0.2) is 0 Å². The van der Waals surface area contributed by atoms with Crippen molar-refractivity contribution in [2.24, 2.45) is 0 Å². The maximum atomic E-state index is 8.60. The van der Waals surface area contributed by atoms with Crippen LogP contribution in [0.2, 0.25) is 0 Å². The average molecular weight is 162 g/mol. The molecule has 0 saturated carbocycles. The maximum Gasteiger partial charge on any atom is 0.139 e. The zero-order chi connectivity index (χ0) is 8.97. The summed E-state index contributed by atoms with van der Waals surface area (Å²) in [7, 11) is 0. The van der Waals surface area contributed by atoms with Gasteiger partial charge in [-0.3, -0.25) is 5.10 Å².